The lowest BCUT2D eigenvalue weighted by molar-refractivity contribution is -0.116. The smallest absolute Gasteiger partial charge is 0.319 e. The fourth-order valence-corrected chi connectivity index (χ4v) is 4.08. The summed E-state index contributed by atoms with van der Waals surface area (Å²) in [5.74, 6) is 0.655. The number of ether oxygens (including phenoxy) is 1. The first-order valence-electron chi connectivity index (χ1n) is 12.8. The Bertz CT molecular complexity index is 1370. The molecular formula is C31H33N5O3. The van der Waals surface area contributed by atoms with E-state index in [9.17, 15) is 9.59 Å². The molecule has 3 N–H and O–H groups in total. The Kier molecular flexibility index (Phi) is 9.63. The van der Waals surface area contributed by atoms with Crippen LogP contribution >= 0.6 is 0 Å². The van der Waals surface area contributed by atoms with Crippen LogP contribution in [0.25, 0.3) is 11.1 Å². The van der Waals surface area contributed by atoms with Crippen molar-refractivity contribution in [1.82, 2.24) is 15.2 Å². The molecule has 0 spiro atoms. The molecule has 200 valence electrons. The van der Waals surface area contributed by atoms with Gasteiger partial charge >= 0.3 is 6.03 Å². The van der Waals surface area contributed by atoms with Crippen molar-refractivity contribution in [1.29, 1.82) is 0 Å². The average molecular weight is 524 g/mol. The zero-order chi connectivity index (χ0) is 27.5. The number of anilines is 2. The lowest BCUT2D eigenvalue weighted by Gasteiger charge is -2.16. The molecule has 0 saturated carbocycles. The number of amides is 3. The van der Waals surface area contributed by atoms with Gasteiger partial charge in [0.2, 0.25) is 5.91 Å². The number of nitrogens with one attached hydrogen (secondary N) is 3. The van der Waals surface area contributed by atoms with E-state index in [4.69, 9.17) is 4.74 Å². The van der Waals surface area contributed by atoms with Gasteiger partial charge in [-0.15, -0.1) is 0 Å². The van der Waals surface area contributed by atoms with Crippen LogP contribution in [0.3, 0.4) is 0 Å². The van der Waals surface area contributed by atoms with E-state index in [0.29, 0.717) is 37.6 Å². The topological polar surface area (TPSA) is 95.6 Å². The second-order valence-corrected chi connectivity index (χ2v) is 9.28. The van der Waals surface area contributed by atoms with Gasteiger partial charge in [-0.3, -0.25) is 9.78 Å². The Labute approximate surface area is 229 Å². The second-order valence-electron chi connectivity index (χ2n) is 9.28. The highest BCUT2D eigenvalue weighted by atomic mass is 16.5. The van der Waals surface area contributed by atoms with Crippen molar-refractivity contribution in [2.24, 2.45) is 0 Å². The highest BCUT2D eigenvalue weighted by molar-refractivity contribution is 5.97. The van der Waals surface area contributed by atoms with Crippen molar-refractivity contribution in [3.63, 3.8) is 0 Å². The van der Waals surface area contributed by atoms with E-state index in [1.807, 2.05) is 79.7 Å². The van der Waals surface area contributed by atoms with Gasteiger partial charge in [0.1, 0.15) is 5.75 Å². The average Bonchev–Trinajstić information content (AvgIpc) is 2.94. The summed E-state index contributed by atoms with van der Waals surface area (Å²) in [7, 11) is 3.74. The maximum Gasteiger partial charge on any atom is 0.319 e. The van der Waals surface area contributed by atoms with E-state index in [-0.39, 0.29) is 11.9 Å². The van der Waals surface area contributed by atoms with Crippen LogP contribution in [0.15, 0.2) is 97.3 Å². The molecule has 0 aliphatic heterocycles. The Morgan fingerprint density at radius 3 is 2.33 bits per heavy atom. The summed E-state index contributed by atoms with van der Waals surface area (Å²) in [4.78, 5) is 30.5. The molecule has 4 aromatic rings. The number of urea groups is 1. The van der Waals surface area contributed by atoms with E-state index in [0.717, 1.165) is 27.9 Å². The molecule has 0 bridgehead atoms. The minimum absolute atomic E-state index is 0.0582. The predicted octanol–water partition coefficient (Wildman–Crippen LogP) is 5.19. The van der Waals surface area contributed by atoms with Crippen LogP contribution in [0.4, 0.5) is 16.2 Å². The molecule has 3 aromatic carbocycles. The van der Waals surface area contributed by atoms with Crippen molar-refractivity contribution < 1.29 is 14.3 Å². The number of benzene rings is 3. The number of hydrogen-bond donors (Lipinski definition) is 3. The number of aromatic nitrogens is 1. The lowest BCUT2D eigenvalue weighted by Crippen LogP contribution is -2.28. The molecule has 4 rings (SSSR count). The standard InChI is InChI=1S/C31H33N5O3/c1-36(2)22-30(37)35-29-12-6-5-11-28(29)27-10-4-3-9-24(27)17-19-39-26-15-13-25(14-16-26)34-31(38)33-21-23-8-7-18-32-20-23/h3-16,18,20H,17,19,21-22H2,1-2H3,(H,35,37)(H2,33,34,38). The maximum absolute atomic E-state index is 12.4. The minimum Gasteiger partial charge on any atom is -0.493 e. The SMILES string of the molecule is CN(C)CC(=O)Nc1ccccc1-c1ccccc1CCOc1ccc(NC(=O)NCc2cccnc2)cc1. The van der Waals surface area contributed by atoms with Crippen LogP contribution in [-0.4, -0.2) is 49.1 Å². The van der Waals surface area contributed by atoms with E-state index in [1.165, 1.54) is 0 Å². The number of carbonyl (C=O) groups is 2. The number of nitrogens with zero attached hydrogens (tertiary/aromatic N) is 2. The molecule has 39 heavy (non-hydrogen) atoms. The third kappa shape index (κ3) is 8.41. The third-order valence-corrected chi connectivity index (χ3v) is 5.90. The quantitative estimate of drug-likeness (QED) is 0.251. The number of carbonyl (C=O) groups excluding carboxylic acids is 2. The molecule has 0 unspecified atom stereocenters. The van der Waals surface area contributed by atoms with Gasteiger partial charge in [0.25, 0.3) is 0 Å². The zero-order valence-corrected chi connectivity index (χ0v) is 22.2. The molecule has 1 heterocycles. The summed E-state index contributed by atoms with van der Waals surface area (Å²) in [6, 6.07) is 26.7. The van der Waals surface area contributed by atoms with Gasteiger partial charge in [-0.2, -0.15) is 0 Å². The molecule has 0 saturated heterocycles. The van der Waals surface area contributed by atoms with Gasteiger partial charge < -0.3 is 25.6 Å². The molecule has 8 heteroatoms. The largest absolute Gasteiger partial charge is 0.493 e. The van der Waals surface area contributed by atoms with E-state index in [2.05, 4.69) is 33.1 Å². The van der Waals surface area contributed by atoms with E-state index >= 15 is 0 Å². The summed E-state index contributed by atoms with van der Waals surface area (Å²) in [5.41, 5.74) is 5.52. The lowest BCUT2D eigenvalue weighted by atomic mass is 9.96. The maximum atomic E-state index is 12.4. The highest BCUT2D eigenvalue weighted by Crippen LogP contribution is 2.31. The zero-order valence-electron chi connectivity index (χ0n) is 22.2. The van der Waals surface area contributed by atoms with Gasteiger partial charge in [-0.05, 0) is 67.2 Å². The summed E-state index contributed by atoms with van der Waals surface area (Å²) in [5, 5.41) is 8.66. The molecule has 0 aliphatic rings. The molecular weight excluding hydrogens is 490 g/mol. The monoisotopic (exact) mass is 523 g/mol. The number of pyridine rings is 1. The van der Waals surface area contributed by atoms with E-state index < -0.39 is 0 Å². The van der Waals surface area contributed by atoms with Crippen molar-refractivity contribution >= 4 is 23.3 Å². The third-order valence-electron chi connectivity index (χ3n) is 5.90. The van der Waals surface area contributed by atoms with Crippen molar-refractivity contribution in [3.05, 3.63) is 108 Å². The fraction of sp³-hybridized carbons (Fsp3) is 0.194. The van der Waals surface area contributed by atoms with Crippen LogP contribution < -0.4 is 20.7 Å². The van der Waals surface area contributed by atoms with Crippen LogP contribution in [0, 0.1) is 0 Å². The summed E-state index contributed by atoms with van der Waals surface area (Å²) in [6.07, 6.45) is 4.10. The van der Waals surface area contributed by atoms with Crippen molar-refractivity contribution in [2.45, 2.75) is 13.0 Å². The molecule has 0 atom stereocenters. The molecule has 0 aliphatic carbocycles. The summed E-state index contributed by atoms with van der Waals surface area (Å²) in [6.45, 7) is 1.19. The fourth-order valence-electron chi connectivity index (χ4n) is 4.08. The molecule has 3 amide bonds. The normalized spacial score (nSPS) is 10.6. The van der Waals surface area contributed by atoms with Crippen LogP contribution in [0.2, 0.25) is 0 Å². The molecule has 1 aromatic heterocycles. The first-order chi connectivity index (χ1) is 19.0. The number of rotatable bonds is 11. The summed E-state index contributed by atoms with van der Waals surface area (Å²) >= 11 is 0. The Morgan fingerprint density at radius 2 is 1.59 bits per heavy atom. The highest BCUT2D eigenvalue weighted by Gasteiger charge is 2.12. The summed E-state index contributed by atoms with van der Waals surface area (Å²) < 4.78 is 5.99. The second kappa shape index (κ2) is 13.7. The first kappa shape index (κ1) is 27.3. The first-order valence-corrected chi connectivity index (χ1v) is 12.8. The van der Waals surface area contributed by atoms with Crippen LogP contribution in [-0.2, 0) is 17.8 Å². The van der Waals surface area contributed by atoms with Gasteiger partial charge in [-0.25, -0.2) is 4.79 Å². The molecule has 0 radical (unpaired) electrons. The number of hydrogen-bond acceptors (Lipinski definition) is 5. The number of likely N-dealkylation sites (N-methyl/N-ethyl adjacent to an activating group) is 1. The van der Waals surface area contributed by atoms with Gasteiger partial charge in [0.15, 0.2) is 0 Å². The Hall–Kier alpha value is -4.69. The Morgan fingerprint density at radius 1 is 0.846 bits per heavy atom. The van der Waals surface area contributed by atoms with Crippen molar-refractivity contribution in [2.75, 3.05) is 37.9 Å². The molecule has 8 nitrogen and oxygen atoms in total. The number of para-hydroxylation sites is 1. The molecule has 0 fully saturated rings. The Balaban J connectivity index is 1.32. The van der Waals surface area contributed by atoms with Gasteiger partial charge in [-0.1, -0.05) is 48.5 Å². The predicted molar refractivity (Wildman–Crippen MR) is 155 cm³/mol. The van der Waals surface area contributed by atoms with E-state index in [1.54, 1.807) is 24.5 Å². The minimum atomic E-state index is -0.290. The van der Waals surface area contributed by atoms with Crippen LogP contribution in [0.5, 0.6) is 5.75 Å². The van der Waals surface area contributed by atoms with Crippen molar-refractivity contribution in [3.8, 4) is 16.9 Å². The van der Waals surface area contributed by atoms with Gasteiger partial charge in [0.05, 0.1) is 13.2 Å². The van der Waals surface area contributed by atoms with Gasteiger partial charge in [0, 0.05) is 42.3 Å². The van der Waals surface area contributed by atoms with Crippen LogP contribution in [0.1, 0.15) is 11.1 Å².